The first-order chi connectivity index (χ1) is 9.95. The van der Waals surface area contributed by atoms with Gasteiger partial charge in [-0.05, 0) is 12.1 Å². The summed E-state index contributed by atoms with van der Waals surface area (Å²) >= 11 is 0. The van der Waals surface area contributed by atoms with E-state index in [1.54, 1.807) is 30.5 Å². The van der Waals surface area contributed by atoms with Crippen molar-refractivity contribution in [3.05, 3.63) is 42.1 Å². The molecule has 7 heteroatoms. The molecule has 0 saturated heterocycles. The fourth-order valence-electron chi connectivity index (χ4n) is 1.80. The molecule has 0 bridgehead atoms. The molecule has 1 heterocycles. The molecule has 2 aromatic rings. The molecule has 0 spiro atoms. The summed E-state index contributed by atoms with van der Waals surface area (Å²) in [5.41, 5.74) is 0.530. The Labute approximate surface area is 124 Å². The van der Waals surface area contributed by atoms with Crippen LogP contribution in [0.4, 0.5) is 5.69 Å². The Morgan fingerprint density at radius 2 is 2.00 bits per heavy atom. The molecule has 0 aliphatic carbocycles. The zero-order valence-electron chi connectivity index (χ0n) is 12.3. The van der Waals surface area contributed by atoms with Gasteiger partial charge in [0, 0.05) is 20.5 Å². The summed E-state index contributed by atoms with van der Waals surface area (Å²) in [6.07, 6.45) is 2.46. The molecule has 0 unspecified atom stereocenters. The van der Waals surface area contributed by atoms with Crippen molar-refractivity contribution in [1.29, 1.82) is 0 Å². The third-order valence-electron chi connectivity index (χ3n) is 3.03. The van der Waals surface area contributed by atoms with Gasteiger partial charge in [0.1, 0.15) is 10.7 Å². The van der Waals surface area contributed by atoms with Crippen LogP contribution in [0.2, 0.25) is 0 Å². The van der Waals surface area contributed by atoms with Gasteiger partial charge in [-0.25, -0.2) is 17.7 Å². The van der Waals surface area contributed by atoms with E-state index in [1.165, 1.54) is 18.4 Å². The number of nitrogens with one attached hydrogen (secondary N) is 1. The molecule has 1 aromatic heterocycles. The normalized spacial score (nSPS) is 11.8. The Hall–Kier alpha value is -1.86. The molecule has 0 aliphatic rings. The summed E-state index contributed by atoms with van der Waals surface area (Å²) in [6.45, 7) is 2.32. The molecule has 1 aromatic carbocycles. The second-order valence-corrected chi connectivity index (χ2v) is 6.83. The van der Waals surface area contributed by atoms with E-state index in [1.807, 2.05) is 6.92 Å². The van der Waals surface area contributed by atoms with Crippen molar-refractivity contribution in [1.82, 2.24) is 9.29 Å². The van der Waals surface area contributed by atoms with Crippen LogP contribution in [0.3, 0.4) is 0 Å². The summed E-state index contributed by atoms with van der Waals surface area (Å²) < 4.78 is 31.2. The van der Waals surface area contributed by atoms with E-state index < -0.39 is 10.0 Å². The van der Waals surface area contributed by atoms with Crippen molar-refractivity contribution in [2.45, 2.75) is 24.8 Å². The fourth-order valence-corrected chi connectivity index (χ4v) is 2.86. The molecule has 21 heavy (non-hydrogen) atoms. The van der Waals surface area contributed by atoms with Gasteiger partial charge in [0.15, 0.2) is 0 Å². The first-order valence-electron chi connectivity index (χ1n) is 6.64. The number of hydrogen-bond acceptors (Lipinski definition) is 5. The zero-order valence-corrected chi connectivity index (χ0v) is 13.1. The standard InChI is InChI=1S/C14H19N3O3S/c1-4-11-9-16-14(20-11)10-15-12-7-5-6-8-13(12)21(18,19)17(2)3/h5-9,15H,4,10H2,1-3H3. The number of aryl methyl sites for hydroxylation is 1. The molecule has 0 fully saturated rings. The Kier molecular flexibility index (Phi) is 4.64. The van der Waals surface area contributed by atoms with Crippen LogP contribution in [-0.4, -0.2) is 31.8 Å². The Bertz CT molecular complexity index is 708. The number of anilines is 1. The summed E-state index contributed by atoms with van der Waals surface area (Å²) in [6, 6.07) is 6.77. The average Bonchev–Trinajstić information content (AvgIpc) is 2.93. The highest BCUT2D eigenvalue weighted by Gasteiger charge is 2.20. The lowest BCUT2D eigenvalue weighted by molar-refractivity contribution is 0.465. The fraction of sp³-hybridized carbons (Fsp3) is 0.357. The maximum absolute atomic E-state index is 12.3. The minimum atomic E-state index is -3.49. The largest absolute Gasteiger partial charge is 0.444 e. The number of nitrogens with zero attached hydrogens (tertiary/aromatic N) is 2. The molecule has 114 valence electrons. The first kappa shape index (κ1) is 15.5. The molecule has 2 rings (SSSR count). The summed E-state index contributed by atoms with van der Waals surface area (Å²) in [5.74, 6) is 1.34. The smallest absolute Gasteiger partial charge is 0.244 e. The van der Waals surface area contributed by atoms with Gasteiger partial charge in [0.25, 0.3) is 0 Å². The second kappa shape index (κ2) is 6.28. The minimum Gasteiger partial charge on any atom is -0.444 e. The molecule has 6 nitrogen and oxygen atoms in total. The van der Waals surface area contributed by atoms with Gasteiger partial charge >= 0.3 is 0 Å². The zero-order chi connectivity index (χ0) is 15.5. The first-order valence-corrected chi connectivity index (χ1v) is 8.08. The molecule has 1 N–H and O–H groups in total. The number of sulfonamides is 1. The van der Waals surface area contributed by atoms with Gasteiger partial charge in [0.05, 0.1) is 18.4 Å². The lowest BCUT2D eigenvalue weighted by Gasteiger charge is -2.15. The molecule has 0 saturated carbocycles. The summed E-state index contributed by atoms with van der Waals surface area (Å²) in [4.78, 5) is 4.37. The predicted octanol–water partition coefficient (Wildman–Crippen LogP) is 2.10. The van der Waals surface area contributed by atoms with Crippen LogP contribution in [-0.2, 0) is 23.0 Å². The van der Waals surface area contributed by atoms with Crippen LogP contribution in [0.15, 0.2) is 39.8 Å². The van der Waals surface area contributed by atoms with Crippen LogP contribution in [0, 0.1) is 0 Å². The highest BCUT2D eigenvalue weighted by Crippen LogP contribution is 2.23. The van der Waals surface area contributed by atoms with Gasteiger partial charge in [0.2, 0.25) is 15.9 Å². The van der Waals surface area contributed by atoms with E-state index in [9.17, 15) is 8.42 Å². The van der Waals surface area contributed by atoms with E-state index in [0.29, 0.717) is 18.1 Å². The van der Waals surface area contributed by atoms with Crippen molar-refractivity contribution < 1.29 is 12.8 Å². The lowest BCUT2D eigenvalue weighted by Crippen LogP contribution is -2.23. The highest BCUT2D eigenvalue weighted by atomic mass is 32.2. The van der Waals surface area contributed by atoms with Gasteiger partial charge in [-0.3, -0.25) is 0 Å². The minimum absolute atomic E-state index is 0.234. The maximum Gasteiger partial charge on any atom is 0.244 e. The molecular weight excluding hydrogens is 290 g/mol. The SMILES string of the molecule is CCc1cnc(CNc2ccccc2S(=O)(=O)N(C)C)o1. The monoisotopic (exact) mass is 309 g/mol. The Morgan fingerprint density at radius 3 is 2.62 bits per heavy atom. The highest BCUT2D eigenvalue weighted by molar-refractivity contribution is 7.89. The number of benzene rings is 1. The molecule has 0 amide bonds. The van der Waals surface area contributed by atoms with Gasteiger partial charge < -0.3 is 9.73 Å². The molecule has 0 radical (unpaired) electrons. The van der Waals surface area contributed by atoms with E-state index in [-0.39, 0.29) is 4.90 Å². The average molecular weight is 309 g/mol. The van der Waals surface area contributed by atoms with Gasteiger partial charge in [-0.2, -0.15) is 0 Å². The van der Waals surface area contributed by atoms with Crippen molar-refractivity contribution in [3.8, 4) is 0 Å². The van der Waals surface area contributed by atoms with Crippen molar-refractivity contribution in [3.63, 3.8) is 0 Å². The molecule has 0 aliphatic heterocycles. The van der Waals surface area contributed by atoms with E-state index in [4.69, 9.17) is 4.42 Å². The number of hydrogen-bond donors (Lipinski definition) is 1. The van der Waals surface area contributed by atoms with Gasteiger partial charge in [-0.1, -0.05) is 19.1 Å². The van der Waals surface area contributed by atoms with Crippen LogP contribution in [0.5, 0.6) is 0 Å². The number of oxazole rings is 1. The predicted molar refractivity (Wildman–Crippen MR) is 80.5 cm³/mol. The summed E-state index contributed by atoms with van der Waals surface area (Å²) in [5, 5.41) is 3.07. The Morgan fingerprint density at radius 1 is 1.29 bits per heavy atom. The van der Waals surface area contributed by atoms with Crippen molar-refractivity contribution in [2.75, 3.05) is 19.4 Å². The number of rotatable bonds is 6. The van der Waals surface area contributed by atoms with Crippen molar-refractivity contribution >= 4 is 15.7 Å². The quantitative estimate of drug-likeness (QED) is 0.884. The van der Waals surface area contributed by atoms with Gasteiger partial charge in [-0.15, -0.1) is 0 Å². The van der Waals surface area contributed by atoms with Crippen LogP contribution >= 0.6 is 0 Å². The maximum atomic E-state index is 12.3. The van der Waals surface area contributed by atoms with Crippen LogP contribution < -0.4 is 5.32 Å². The number of para-hydroxylation sites is 1. The molecular formula is C14H19N3O3S. The summed E-state index contributed by atoms with van der Waals surface area (Å²) in [7, 11) is -0.476. The van der Waals surface area contributed by atoms with E-state index >= 15 is 0 Å². The lowest BCUT2D eigenvalue weighted by atomic mass is 10.3. The molecule has 0 atom stereocenters. The van der Waals surface area contributed by atoms with Crippen LogP contribution in [0.25, 0.3) is 0 Å². The van der Waals surface area contributed by atoms with E-state index in [2.05, 4.69) is 10.3 Å². The van der Waals surface area contributed by atoms with Crippen molar-refractivity contribution in [2.24, 2.45) is 0 Å². The third kappa shape index (κ3) is 3.43. The Balaban J connectivity index is 2.21. The van der Waals surface area contributed by atoms with E-state index in [0.717, 1.165) is 12.2 Å². The number of aromatic nitrogens is 1. The third-order valence-corrected chi connectivity index (χ3v) is 4.90. The second-order valence-electron chi connectivity index (χ2n) is 4.71. The van der Waals surface area contributed by atoms with Crippen LogP contribution in [0.1, 0.15) is 18.6 Å². The topological polar surface area (TPSA) is 75.4 Å².